The van der Waals surface area contributed by atoms with Crippen molar-refractivity contribution < 1.29 is 29.0 Å². The minimum atomic E-state index is -0.966. The van der Waals surface area contributed by atoms with E-state index >= 15 is 0 Å². The summed E-state index contributed by atoms with van der Waals surface area (Å²) in [4.78, 5) is 59.3. The van der Waals surface area contributed by atoms with Crippen molar-refractivity contribution in [3.63, 3.8) is 0 Å². The van der Waals surface area contributed by atoms with Crippen molar-refractivity contribution in [3.05, 3.63) is 21.7 Å². The van der Waals surface area contributed by atoms with Crippen LogP contribution in [0.25, 0.3) is 0 Å². The van der Waals surface area contributed by atoms with Gasteiger partial charge in [0.25, 0.3) is 0 Å². The van der Waals surface area contributed by atoms with Gasteiger partial charge < -0.3 is 25.5 Å². The van der Waals surface area contributed by atoms with E-state index < -0.39 is 47.1 Å². The van der Waals surface area contributed by atoms with E-state index in [1.165, 1.54) is 23.4 Å². The quantitative estimate of drug-likeness (QED) is 0.120. The number of carbonyl (C=O) groups excluding carboxylic acids is 3. The standard InChI is InChI=1S/C24H40N8O7S/c1-16(2)14-19(18(4)31(15-33)39-20-8-6-7-12-38-20)22(34)26-21(23(35)27-24-25-10-13-40-24)17(3)9-11-30(5)28-29-32(36)37/h10,13,15-21H,6-9,11-12,14H2,1-5H3,(H,26,34)(H,25,27,35)/t17-,18+,19-,20?,21+/m1/s1. The number of hydrogen-bond acceptors (Lipinski definition) is 10. The van der Waals surface area contributed by atoms with E-state index in [9.17, 15) is 24.5 Å². The van der Waals surface area contributed by atoms with Crippen molar-refractivity contribution in [1.82, 2.24) is 20.4 Å². The number of nitrogens with zero attached hydrogens (tertiary/aromatic N) is 6. The van der Waals surface area contributed by atoms with Crippen LogP contribution >= 0.6 is 11.3 Å². The number of nitrogens with one attached hydrogen (secondary N) is 2. The molecule has 1 saturated heterocycles. The van der Waals surface area contributed by atoms with Crippen LogP contribution in [0, 0.1) is 27.9 Å². The van der Waals surface area contributed by atoms with Gasteiger partial charge in [0, 0.05) is 31.7 Å². The maximum absolute atomic E-state index is 13.7. The molecule has 0 saturated carbocycles. The summed E-state index contributed by atoms with van der Waals surface area (Å²) in [6, 6.07) is -1.61. The molecule has 2 heterocycles. The van der Waals surface area contributed by atoms with Gasteiger partial charge in [-0.15, -0.1) is 11.3 Å². The van der Waals surface area contributed by atoms with Crippen LogP contribution in [0.4, 0.5) is 5.13 Å². The number of anilines is 1. The van der Waals surface area contributed by atoms with Crippen LogP contribution in [0.1, 0.15) is 59.8 Å². The lowest BCUT2D eigenvalue weighted by Gasteiger charge is -2.35. The van der Waals surface area contributed by atoms with Gasteiger partial charge in [0.05, 0.1) is 23.5 Å². The molecule has 0 aliphatic carbocycles. The van der Waals surface area contributed by atoms with E-state index in [1.54, 1.807) is 25.4 Å². The van der Waals surface area contributed by atoms with Gasteiger partial charge in [-0.25, -0.2) is 14.9 Å². The van der Waals surface area contributed by atoms with E-state index in [2.05, 4.69) is 26.1 Å². The predicted octanol–water partition coefficient (Wildman–Crippen LogP) is 3.05. The van der Waals surface area contributed by atoms with Gasteiger partial charge >= 0.3 is 0 Å². The molecule has 1 aliphatic rings. The van der Waals surface area contributed by atoms with Gasteiger partial charge in [-0.2, -0.15) is 5.01 Å². The Morgan fingerprint density at radius 1 is 1.32 bits per heavy atom. The van der Waals surface area contributed by atoms with Gasteiger partial charge in [-0.1, -0.05) is 20.8 Å². The molecule has 2 rings (SSSR count). The third-order valence-corrected chi connectivity index (χ3v) is 7.20. The van der Waals surface area contributed by atoms with E-state index in [0.29, 0.717) is 37.4 Å². The SMILES string of the molecule is CC(C)C[C@@H](C(=O)N[C@H](C(=O)Nc1nccs1)[C@H](C)CCN(C)N=N[N+](=O)[O-])[C@H](C)N(C=O)OC1CCCCO1. The molecule has 0 radical (unpaired) electrons. The maximum atomic E-state index is 13.7. The lowest BCUT2D eigenvalue weighted by molar-refractivity contribution is -0.496. The highest BCUT2D eigenvalue weighted by Gasteiger charge is 2.36. The molecule has 15 nitrogen and oxygen atoms in total. The van der Waals surface area contributed by atoms with Crippen LogP contribution in [-0.2, 0) is 24.0 Å². The summed E-state index contributed by atoms with van der Waals surface area (Å²) < 4.78 is 5.60. The van der Waals surface area contributed by atoms with Crippen LogP contribution in [0.3, 0.4) is 0 Å². The summed E-state index contributed by atoms with van der Waals surface area (Å²) in [7, 11) is 1.52. The molecular formula is C24H40N8O7S. The Balaban J connectivity index is 2.20. The Hall–Kier alpha value is -3.24. The topological polar surface area (TPSA) is 181 Å². The summed E-state index contributed by atoms with van der Waals surface area (Å²) in [6.45, 7) is 8.23. The van der Waals surface area contributed by atoms with Gasteiger partial charge in [0.15, 0.2) is 16.6 Å². The predicted molar refractivity (Wildman–Crippen MR) is 146 cm³/mol. The first-order valence-electron chi connectivity index (χ1n) is 13.3. The number of hydroxylamine groups is 2. The van der Waals surface area contributed by atoms with Crippen molar-refractivity contribution in [1.29, 1.82) is 0 Å². The van der Waals surface area contributed by atoms with Crippen molar-refractivity contribution in [2.75, 3.05) is 25.5 Å². The van der Waals surface area contributed by atoms with Gasteiger partial charge in [-0.05, 0) is 44.4 Å². The molecule has 0 aromatic carbocycles. The fourth-order valence-electron chi connectivity index (χ4n) is 4.25. The number of rotatable bonds is 17. The number of thiazole rings is 1. The molecule has 1 fully saturated rings. The zero-order chi connectivity index (χ0) is 29.7. The van der Waals surface area contributed by atoms with Crippen LogP contribution in [0.5, 0.6) is 0 Å². The highest BCUT2D eigenvalue weighted by molar-refractivity contribution is 7.13. The molecule has 16 heteroatoms. The fraction of sp³-hybridized carbons (Fsp3) is 0.750. The Morgan fingerprint density at radius 2 is 2.08 bits per heavy atom. The van der Waals surface area contributed by atoms with Crippen molar-refractivity contribution in [2.45, 2.75) is 78.2 Å². The minimum Gasteiger partial charge on any atom is -0.350 e. The maximum Gasteiger partial charge on any atom is 0.249 e. The van der Waals surface area contributed by atoms with Gasteiger partial charge in [-0.3, -0.25) is 14.4 Å². The van der Waals surface area contributed by atoms with Crippen molar-refractivity contribution in [2.24, 2.45) is 28.2 Å². The minimum absolute atomic E-state index is 0.109. The normalized spacial score (nSPS) is 18.5. The van der Waals surface area contributed by atoms with E-state index in [-0.39, 0.29) is 12.5 Å². The van der Waals surface area contributed by atoms with Gasteiger partial charge in [0.2, 0.25) is 23.4 Å². The number of carbonyl (C=O) groups is 3. The van der Waals surface area contributed by atoms with Crippen LogP contribution < -0.4 is 10.6 Å². The van der Waals surface area contributed by atoms with Crippen LogP contribution in [0.15, 0.2) is 22.0 Å². The Bertz CT molecular complexity index is 974. The molecule has 2 N–H and O–H groups in total. The van der Waals surface area contributed by atoms with Crippen molar-refractivity contribution >= 4 is 34.7 Å². The molecule has 1 aromatic rings. The molecule has 40 heavy (non-hydrogen) atoms. The Labute approximate surface area is 237 Å². The number of ether oxygens (including phenoxy) is 1. The molecule has 3 amide bonds. The first-order chi connectivity index (χ1) is 19.0. The third-order valence-electron chi connectivity index (χ3n) is 6.51. The van der Waals surface area contributed by atoms with Crippen molar-refractivity contribution in [3.8, 4) is 0 Å². The average molecular weight is 585 g/mol. The summed E-state index contributed by atoms with van der Waals surface area (Å²) in [6.07, 6.45) is 4.81. The largest absolute Gasteiger partial charge is 0.350 e. The molecule has 1 aromatic heterocycles. The summed E-state index contributed by atoms with van der Waals surface area (Å²) in [5.41, 5.74) is 0. The molecule has 1 aliphatic heterocycles. The highest BCUT2D eigenvalue weighted by atomic mass is 32.1. The molecule has 0 bridgehead atoms. The highest BCUT2D eigenvalue weighted by Crippen LogP contribution is 2.24. The number of hydrogen-bond donors (Lipinski definition) is 2. The van der Waals surface area contributed by atoms with E-state index in [0.717, 1.165) is 17.9 Å². The molecule has 224 valence electrons. The van der Waals surface area contributed by atoms with Crippen LogP contribution in [-0.4, -0.2) is 76.9 Å². The first-order valence-corrected chi connectivity index (χ1v) is 14.2. The number of aromatic nitrogens is 1. The Morgan fingerprint density at radius 3 is 2.65 bits per heavy atom. The summed E-state index contributed by atoms with van der Waals surface area (Å²) in [5.74, 6) is -1.85. The molecule has 0 spiro atoms. The average Bonchev–Trinajstić information content (AvgIpc) is 3.43. The zero-order valence-electron chi connectivity index (χ0n) is 23.6. The Kier molecular flexibility index (Phi) is 13.8. The first kappa shape index (κ1) is 33.0. The fourth-order valence-corrected chi connectivity index (χ4v) is 4.78. The van der Waals surface area contributed by atoms with Gasteiger partial charge in [0.1, 0.15) is 6.04 Å². The number of nitro groups is 1. The second-order valence-electron chi connectivity index (χ2n) is 10.2. The smallest absolute Gasteiger partial charge is 0.249 e. The summed E-state index contributed by atoms with van der Waals surface area (Å²) in [5, 5.41) is 26.0. The molecule has 5 atom stereocenters. The lowest BCUT2D eigenvalue weighted by atomic mass is 9.89. The van der Waals surface area contributed by atoms with E-state index in [1.807, 2.05) is 13.8 Å². The molecule has 1 unspecified atom stereocenters. The lowest BCUT2D eigenvalue weighted by Crippen LogP contribution is -2.53. The van der Waals surface area contributed by atoms with Crippen LogP contribution in [0.2, 0.25) is 0 Å². The van der Waals surface area contributed by atoms with E-state index in [4.69, 9.17) is 9.57 Å². The molecular weight excluding hydrogens is 544 g/mol. The monoisotopic (exact) mass is 584 g/mol. The second-order valence-corrected chi connectivity index (χ2v) is 11.1. The second kappa shape index (κ2) is 16.8. The number of amides is 3. The summed E-state index contributed by atoms with van der Waals surface area (Å²) >= 11 is 1.24. The third kappa shape index (κ3) is 11.1. The zero-order valence-corrected chi connectivity index (χ0v) is 24.4.